The van der Waals surface area contributed by atoms with Crippen LogP contribution in [0.15, 0.2) is 12.1 Å². The van der Waals surface area contributed by atoms with E-state index in [4.69, 9.17) is 0 Å². The number of hydrogen-bond donors (Lipinski definition) is 1. The van der Waals surface area contributed by atoms with Crippen LogP contribution < -0.4 is 10.2 Å². The molecule has 0 spiro atoms. The van der Waals surface area contributed by atoms with E-state index in [2.05, 4.69) is 43.1 Å². The van der Waals surface area contributed by atoms with Crippen LogP contribution in [-0.2, 0) is 4.79 Å². The summed E-state index contributed by atoms with van der Waals surface area (Å²) in [6.07, 6.45) is 0. The van der Waals surface area contributed by atoms with Gasteiger partial charge in [0.15, 0.2) is 5.78 Å². The number of aryl methyl sites for hydroxylation is 3. The smallest absolute Gasteiger partial charge is 0.165 e. The molecule has 0 radical (unpaired) electrons. The Morgan fingerprint density at radius 2 is 1.82 bits per heavy atom. The summed E-state index contributed by atoms with van der Waals surface area (Å²) in [4.78, 5) is 13.9. The van der Waals surface area contributed by atoms with E-state index in [1.807, 2.05) is 0 Å². The fraction of sp³-hybridized carbons (Fsp3) is 0.500. The molecule has 0 amide bonds. The molecule has 2 rings (SSSR count). The van der Waals surface area contributed by atoms with Gasteiger partial charge < -0.3 is 10.2 Å². The number of nitrogens with zero attached hydrogens (tertiary/aromatic N) is 1. The van der Waals surface area contributed by atoms with Gasteiger partial charge in [-0.25, -0.2) is 0 Å². The molecule has 3 heteroatoms. The maximum Gasteiger partial charge on any atom is 0.165 e. The number of benzene rings is 1. The van der Waals surface area contributed by atoms with Crippen molar-refractivity contribution in [2.24, 2.45) is 0 Å². The van der Waals surface area contributed by atoms with E-state index in [-0.39, 0.29) is 5.78 Å². The highest BCUT2D eigenvalue weighted by atomic mass is 16.1. The number of ketones is 1. The van der Waals surface area contributed by atoms with Crippen molar-refractivity contribution >= 4 is 11.5 Å². The molecule has 1 N–H and O–H groups in total. The number of hydrogen-bond acceptors (Lipinski definition) is 3. The molecule has 1 aromatic rings. The highest BCUT2D eigenvalue weighted by molar-refractivity contribution is 5.86. The van der Waals surface area contributed by atoms with Crippen molar-refractivity contribution in [3.8, 4) is 0 Å². The van der Waals surface area contributed by atoms with E-state index >= 15 is 0 Å². The van der Waals surface area contributed by atoms with Crippen molar-refractivity contribution in [1.29, 1.82) is 0 Å². The lowest BCUT2D eigenvalue weighted by molar-refractivity contribution is -0.116. The van der Waals surface area contributed by atoms with Crippen LogP contribution in [0.5, 0.6) is 0 Å². The summed E-state index contributed by atoms with van der Waals surface area (Å²) in [7, 11) is 0. The summed E-state index contributed by atoms with van der Waals surface area (Å²) >= 11 is 0. The third kappa shape index (κ3) is 2.67. The first kappa shape index (κ1) is 12.1. The Morgan fingerprint density at radius 1 is 1.18 bits per heavy atom. The molecule has 0 aliphatic carbocycles. The summed E-state index contributed by atoms with van der Waals surface area (Å²) < 4.78 is 0. The summed E-state index contributed by atoms with van der Waals surface area (Å²) in [5.41, 5.74) is 5.03. The predicted octanol–water partition coefficient (Wildman–Crippen LogP) is 1.59. The average molecular weight is 232 g/mol. The van der Waals surface area contributed by atoms with Gasteiger partial charge in [-0.2, -0.15) is 0 Å². The largest absolute Gasteiger partial charge is 0.362 e. The molecule has 1 aromatic carbocycles. The zero-order chi connectivity index (χ0) is 12.4. The van der Waals surface area contributed by atoms with Gasteiger partial charge in [0.2, 0.25) is 0 Å². The van der Waals surface area contributed by atoms with Gasteiger partial charge in [0.1, 0.15) is 0 Å². The Labute approximate surface area is 103 Å². The summed E-state index contributed by atoms with van der Waals surface area (Å²) in [6.45, 7) is 9.16. The van der Waals surface area contributed by atoms with Crippen LogP contribution in [0.2, 0.25) is 0 Å². The van der Waals surface area contributed by atoms with Crippen LogP contribution in [0, 0.1) is 20.8 Å². The number of rotatable bonds is 1. The first-order valence-corrected chi connectivity index (χ1v) is 6.13. The molecule has 0 unspecified atom stereocenters. The van der Waals surface area contributed by atoms with Gasteiger partial charge in [0.25, 0.3) is 0 Å². The van der Waals surface area contributed by atoms with Crippen LogP contribution in [0.4, 0.5) is 5.69 Å². The SMILES string of the molecule is Cc1cc(C)c(N2CCNCC(=O)C2)c(C)c1. The van der Waals surface area contributed by atoms with E-state index in [1.165, 1.54) is 22.4 Å². The number of carbonyl (C=O) groups excluding carboxylic acids is 1. The average Bonchev–Trinajstić information content (AvgIpc) is 2.41. The molecule has 1 saturated heterocycles. The first-order chi connectivity index (χ1) is 8.08. The van der Waals surface area contributed by atoms with Crippen LogP contribution in [0.25, 0.3) is 0 Å². The van der Waals surface area contributed by atoms with Gasteiger partial charge >= 0.3 is 0 Å². The Hall–Kier alpha value is -1.35. The maximum absolute atomic E-state index is 11.7. The lowest BCUT2D eigenvalue weighted by Crippen LogP contribution is -2.31. The number of nitrogens with one attached hydrogen (secondary N) is 1. The molecule has 1 heterocycles. The Kier molecular flexibility index (Phi) is 3.48. The zero-order valence-corrected chi connectivity index (χ0v) is 10.8. The molecular formula is C14H20N2O. The van der Waals surface area contributed by atoms with Gasteiger partial charge in [-0.05, 0) is 31.9 Å². The van der Waals surface area contributed by atoms with Gasteiger partial charge in [0, 0.05) is 18.8 Å². The Morgan fingerprint density at radius 3 is 2.47 bits per heavy atom. The summed E-state index contributed by atoms with van der Waals surface area (Å²) in [5, 5.41) is 3.16. The van der Waals surface area contributed by atoms with Gasteiger partial charge in [-0.1, -0.05) is 17.7 Å². The quantitative estimate of drug-likeness (QED) is 0.798. The van der Waals surface area contributed by atoms with E-state index < -0.39 is 0 Å². The minimum Gasteiger partial charge on any atom is -0.362 e. The fourth-order valence-electron chi connectivity index (χ4n) is 2.65. The molecular weight excluding hydrogens is 212 g/mol. The normalized spacial score (nSPS) is 17.1. The van der Waals surface area contributed by atoms with Crippen LogP contribution >= 0.6 is 0 Å². The lowest BCUT2D eigenvalue weighted by Gasteiger charge is -2.26. The van der Waals surface area contributed by atoms with Crippen LogP contribution in [0.3, 0.4) is 0 Å². The van der Waals surface area contributed by atoms with E-state index in [0.717, 1.165) is 13.1 Å². The molecule has 0 bridgehead atoms. The highest BCUT2D eigenvalue weighted by Crippen LogP contribution is 2.26. The molecule has 0 saturated carbocycles. The third-order valence-electron chi connectivity index (χ3n) is 3.20. The predicted molar refractivity (Wildman–Crippen MR) is 70.7 cm³/mol. The molecule has 0 atom stereocenters. The van der Waals surface area contributed by atoms with Crippen molar-refractivity contribution in [1.82, 2.24) is 5.32 Å². The Balaban J connectivity index is 2.35. The second-order valence-electron chi connectivity index (χ2n) is 4.88. The van der Waals surface area contributed by atoms with Gasteiger partial charge in [-0.15, -0.1) is 0 Å². The zero-order valence-electron chi connectivity index (χ0n) is 10.8. The molecule has 0 aromatic heterocycles. The second kappa shape index (κ2) is 4.88. The minimum absolute atomic E-state index is 0.266. The third-order valence-corrected chi connectivity index (χ3v) is 3.20. The van der Waals surface area contributed by atoms with Gasteiger partial charge in [-0.3, -0.25) is 4.79 Å². The number of Topliss-reactive ketones (excluding diaryl/α,β-unsaturated/α-hetero) is 1. The van der Waals surface area contributed by atoms with Crippen molar-refractivity contribution in [3.05, 3.63) is 28.8 Å². The van der Waals surface area contributed by atoms with E-state index in [1.54, 1.807) is 0 Å². The summed E-state index contributed by atoms with van der Waals surface area (Å²) in [6, 6.07) is 4.37. The molecule has 17 heavy (non-hydrogen) atoms. The number of anilines is 1. The number of carbonyl (C=O) groups is 1. The monoisotopic (exact) mass is 232 g/mol. The standard InChI is InChI=1S/C14H20N2O/c1-10-6-11(2)14(12(3)7-10)16-5-4-15-8-13(17)9-16/h6-7,15H,4-5,8-9H2,1-3H3. The van der Waals surface area contributed by atoms with Gasteiger partial charge in [0.05, 0.1) is 13.1 Å². The van der Waals surface area contributed by atoms with E-state index in [9.17, 15) is 4.79 Å². The molecule has 1 fully saturated rings. The molecule has 1 aliphatic rings. The minimum atomic E-state index is 0.266. The fourth-order valence-corrected chi connectivity index (χ4v) is 2.65. The van der Waals surface area contributed by atoms with Crippen LogP contribution in [-0.4, -0.2) is 32.0 Å². The van der Waals surface area contributed by atoms with E-state index in [0.29, 0.717) is 13.1 Å². The van der Waals surface area contributed by atoms with Crippen molar-refractivity contribution in [3.63, 3.8) is 0 Å². The molecule has 92 valence electrons. The topological polar surface area (TPSA) is 32.3 Å². The second-order valence-corrected chi connectivity index (χ2v) is 4.88. The van der Waals surface area contributed by atoms with Crippen molar-refractivity contribution < 1.29 is 4.79 Å². The molecule has 1 aliphatic heterocycles. The first-order valence-electron chi connectivity index (χ1n) is 6.13. The molecule has 3 nitrogen and oxygen atoms in total. The van der Waals surface area contributed by atoms with Crippen molar-refractivity contribution in [2.75, 3.05) is 31.1 Å². The van der Waals surface area contributed by atoms with Crippen molar-refractivity contribution in [2.45, 2.75) is 20.8 Å². The lowest BCUT2D eigenvalue weighted by atomic mass is 10.0. The maximum atomic E-state index is 11.7. The Bertz CT molecular complexity index is 417. The highest BCUT2D eigenvalue weighted by Gasteiger charge is 2.18. The van der Waals surface area contributed by atoms with Crippen LogP contribution in [0.1, 0.15) is 16.7 Å². The summed E-state index contributed by atoms with van der Waals surface area (Å²) in [5.74, 6) is 0.266.